The molecule has 0 atom stereocenters. The van der Waals surface area contributed by atoms with Gasteiger partial charge >= 0.3 is 5.69 Å². The molecule has 0 aliphatic carbocycles. The van der Waals surface area contributed by atoms with Crippen LogP contribution in [0, 0.1) is 6.92 Å². The summed E-state index contributed by atoms with van der Waals surface area (Å²) in [5.74, 6) is 0.00741. The van der Waals surface area contributed by atoms with E-state index in [0.29, 0.717) is 23.0 Å². The predicted molar refractivity (Wildman–Crippen MR) is 124 cm³/mol. The number of piperidine rings is 1. The molecule has 0 saturated carbocycles. The number of hydrogen-bond donors (Lipinski definition) is 1. The number of imidazole rings is 1. The number of halogens is 1. The number of aromatic nitrogens is 3. The summed E-state index contributed by atoms with van der Waals surface area (Å²) in [6.07, 6.45) is 1.49. The summed E-state index contributed by atoms with van der Waals surface area (Å²) in [5, 5.41) is 1.44. The van der Waals surface area contributed by atoms with Crippen molar-refractivity contribution >= 4 is 39.9 Å². The number of carbonyl (C=O) groups is 1. The maximum absolute atomic E-state index is 13.2. The van der Waals surface area contributed by atoms with Crippen LogP contribution in [0.2, 0.25) is 5.02 Å². The Bertz CT molecular complexity index is 1330. The smallest absolute Gasteiger partial charge is 0.326 e. The molecule has 1 aliphatic rings. The number of likely N-dealkylation sites (tertiary alicyclic amines) is 1. The quantitative estimate of drug-likeness (QED) is 0.481. The number of H-pyrrole nitrogens is 1. The van der Waals surface area contributed by atoms with E-state index in [1.165, 1.54) is 11.3 Å². The maximum Gasteiger partial charge on any atom is 0.326 e. The van der Waals surface area contributed by atoms with Crippen LogP contribution in [0.15, 0.2) is 53.3 Å². The first-order chi connectivity index (χ1) is 15.0. The van der Waals surface area contributed by atoms with Gasteiger partial charge in [0.1, 0.15) is 9.88 Å². The Kier molecular flexibility index (Phi) is 5.16. The zero-order chi connectivity index (χ0) is 21.5. The summed E-state index contributed by atoms with van der Waals surface area (Å²) >= 11 is 7.51. The second-order valence-electron chi connectivity index (χ2n) is 7.78. The standard InChI is InChI=1S/C23H21ClN4O2S/c1-14-20(31-21(25-14)15-5-4-6-16(24)13-15)22(29)27-11-9-17(10-12-27)28-19-8-3-2-7-18(19)26-23(28)30/h2-8,13,17H,9-12H2,1H3,(H,26,30). The highest BCUT2D eigenvalue weighted by Gasteiger charge is 2.28. The zero-order valence-corrected chi connectivity index (χ0v) is 18.5. The molecule has 8 heteroatoms. The van der Waals surface area contributed by atoms with Crippen LogP contribution in [-0.4, -0.2) is 38.4 Å². The largest absolute Gasteiger partial charge is 0.338 e. The van der Waals surface area contributed by atoms with Crippen LogP contribution < -0.4 is 5.69 Å². The highest BCUT2D eigenvalue weighted by Crippen LogP contribution is 2.32. The lowest BCUT2D eigenvalue weighted by Crippen LogP contribution is -2.40. The molecule has 4 aromatic rings. The molecule has 158 valence electrons. The molecule has 0 unspecified atom stereocenters. The fourth-order valence-electron chi connectivity index (χ4n) is 4.25. The van der Waals surface area contributed by atoms with E-state index in [4.69, 9.17) is 11.6 Å². The van der Waals surface area contributed by atoms with Gasteiger partial charge in [-0.2, -0.15) is 0 Å². The lowest BCUT2D eigenvalue weighted by molar-refractivity contribution is 0.0699. The number of para-hydroxylation sites is 2. The first-order valence-electron chi connectivity index (χ1n) is 10.2. The minimum atomic E-state index is -0.0876. The average Bonchev–Trinajstić information content (AvgIpc) is 3.32. The second-order valence-corrected chi connectivity index (χ2v) is 9.22. The van der Waals surface area contributed by atoms with Gasteiger partial charge in [-0.1, -0.05) is 35.9 Å². The summed E-state index contributed by atoms with van der Waals surface area (Å²) in [5.41, 5.74) is 3.33. The van der Waals surface area contributed by atoms with Gasteiger partial charge in [-0.15, -0.1) is 11.3 Å². The minimum absolute atomic E-state index is 0.00741. The third-order valence-corrected chi connectivity index (χ3v) is 7.23. The van der Waals surface area contributed by atoms with Gasteiger partial charge in [-0.05, 0) is 44.0 Å². The molecule has 2 aromatic heterocycles. The van der Waals surface area contributed by atoms with E-state index in [0.717, 1.165) is 40.1 Å². The van der Waals surface area contributed by atoms with Crippen molar-refractivity contribution in [3.8, 4) is 10.6 Å². The number of thiazole rings is 1. The number of amides is 1. The molecule has 6 nitrogen and oxygen atoms in total. The van der Waals surface area contributed by atoms with Gasteiger partial charge in [0.15, 0.2) is 0 Å². The Hall–Kier alpha value is -2.90. The summed E-state index contributed by atoms with van der Waals surface area (Å²) in [7, 11) is 0. The molecular weight excluding hydrogens is 432 g/mol. The van der Waals surface area contributed by atoms with E-state index in [9.17, 15) is 9.59 Å². The number of nitrogens with one attached hydrogen (secondary N) is 1. The molecule has 1 amide bonds. The minimum Gasteiger partial charge on any atom is -0.338 e. The lowest BCUT2D eigenvalue weighted by Gasteiger charge is -2.32. The Morgan fingerprint density at radius 2 is 1.94 bits per heavy atom. The van der Waals surface area contributed by atoms with Crippen molar-refractivity contribution in [1.29, 1.82) is 0 Å². The van der Waals surface area contributed by atoms with Crippen molar-refractivity contribution in [3.63, 3.8) is 0 Å². The SMILES string of the molecule is Cc1nc(-c2cccc(Cl)c2)sc1C(=O)N1CCC(n2c(=O)[nH]c3ccccc32)CC1. The molecule has 2 aromatic carbocycles. The molecule has 3 heterocycles. The monoisotopic (exact) mass is 452 g/mol. The average molecular weight is 453 g/mol. The van der Waals surface area contributed by atoms with Crippen LogP contribution in [0.25, 0.3) is 21.6 Å². The van der Waals surface area contributed by atoms with E-state index < -0.39 is 0 Å². The summed E-state index contributed by atoms with van der Waals surface area (Å²) < 4.78 is 1.84. The van der Waals surface area contributed by atoms with E-state index in [1.54, 1.807) is 0 Å². The molecule has 1 aliphatic heterocycles. The van der Waals surface area contributed by atoms with Crippen LogP contribution in [0.3, 0.4) is 0 Å². The number of aromatic amines is 1. The summed E-state index contributed by atoms with van der Waals surface area (Å²) in [6, 6.07) is 15.3. The van der Waals surface area contributed by atoms with E-state index in [2.05, 4.69) is 9.97 Å². The van der Waals surface area contributed by atoms with Crippen LogP contribution in [0.1, 0.15) is 34.2 Å². The van der Waals surface area contributed by atoms with Crippen molar-refractivity contribution in [3.05, 3.63) is 74.6 Å². The van der Waals surface area contributed by atoms with Gasteiger partial charge < -0.3 is 9.88 Å². The number of aryl methyl sites for hydroxylation is 1. The van der Waals surface area contributed by atoms with Gasteiger partial charge in [-0.3, -0.25) is 9.36 Å². The molecule has 31 heavy (non-hydrogen) atoms. The Balaban J connectivity index is 1.34. The number of carbonyl (C=O) groups excluding carboxylic acids is 1. The number of rotatable bonds is 3. The van der Waals surface area contributed by atoms with E-state index >= 15 is 0 Å². The van der Waals surface area contributed by atoms with Crippen LogP contribution >= 0.6 is 22.9 Å². The van der Waals surface area contributed by atoms with Crippen LogP contribution in [-0.2, 0) is 0 Å². The highest BCUT2D eigenvalue weighted by atomic mass is 35.5. The molecular formula is C23H21ClN4O2S. The third kappa shape index (κ3) is 3.68. The maximum atomic E-state index is 13.2. The van der Waals surface area contributed by atoms with Crippen molar-refractivity contribution in [2.75, 3.05) is 13.1 Å². The number of fused-ring (bicyclic) bond motifs is 1. The van der Waals surface area contributed by atoms with E-state index in [-0.39, 0.29) is 17.6 Å². The van der Waals surface area contributed by atoms with Gasteiger partial charge in [0.2, 0.25) is 0 Å². The lowest BCUT2D eigenvalue weighted by atomic mass is 10.0. The van der Waals surface area contributed by atoms with Gasteiger partial charge in [-0.25, -0.2) is 9.78 Å². The normalized spacial score (nSPS) is 15.0. The first kappa shape index (κ1) is 20.0. The molecule has 1 N–H and O–H groups in total. The zero-order valence-electron chi connectivity index (χ0n) is 17.0. The fraction of sp³-hybridized carbons (Fsp3) is 0.261. The number of hydrogen-bond acceptors (Lipinski definition) is 4. The summed E-state index contributed by atoms with van der Waals surface area (Å²) in [4.78, 5) is 35.8. The molecule has 1 saturated heterocycles. The number of nitrogens with zero attached hydrogens (tertiary/aromatic N) is 3. The van der Waals surface area contributed by atoms with Gasteiger partial charge in [0, 0.05) is 29.7 Å². The molecule has 0 bridgehead atoms. The molecule has 5 rings (SSSR count). The van der Waals surface area contributed by atoms with E-state index in [1.807, 2.05) is 64.9 Å². The van der Waals surface area contributed by atoms with Crippen LogP contribution in [0.4, 0.5) is 0 Å². The predicted octanol–water partition coefficient (Wildman–Crippen LogP) is 4.89. The fourth-order valence-corrected chi connectivity index (χ4v) is 5.47. The van der Waals surface area contributed by atoms with Crippen molar-refractivity contribution in [2.45, 2.75) is 25.8 Å². The Morgan fingerprint density at radius 1 is 1.16 bits per heavy atom. The van der Waals surface area contributed by atoms with Gasteiger partial charge in [0.25, 0.3) is 5.91 Å². The topological polar surface area (TPSA) is 71.0 Å². The van der Waals surface area contributed by atoms with Crippen LogP contribution in [0.5, 0.6) is 0 Å². The Labute approximate surface area is 188 Å². The number of benzene rings is 2. The third-order valence-electron chi connectivity index (χ3n) is 5.80. The molecule has 0 radical (unpaired) electrons. The molecule has 1 fully saturated rings. The van der Waals surface area contributed by atoms with Gasteiger partial charge in [0.05, 0.1) is 16.7 Å². The Morgan fingerprint density at radius 3 is 2.71 bits per heavy atom. The van der Waals surface area contributed by atoms with Crippen molar-refractivity contribution in [2.24, 2.45) is 0 Å². The summed E-state index contributed by atoms with van der Waals surface area (Å²) in [6.45, 7) is 3.09. The van der Waals surface area contributed by atoms with Crippen molar-refractivity contribution < 1.29 is 4.79 Å². The second kappa shape index (κ2) is 7.98. The molecule has 0 spiro atoms. The highest BCUT2D eigenvalue weighted by molar-refractivity contribution is 7.17. The first-order valence-corrected chi connectivity index (χ1v) is 11.4. The van der Waals surface area contributed by atoms with Crippen molar-refractivity contribution in [1.82, 2.24) is 19.4 Å².